The Morgan fingerprint density at radius 3 is 2.25 bits per heavy atom. The van der Waals surface area contributed by atoms with Crippen molar-refractivity contribution in [3.8, 4) is 0 Å². The third-order valence-electron chi connectivity index (χ3n) is 2.14. The van der Waals surface area contributed by atoms with Gasteiger partial charge in [0.05, 0.1) is 12.6 Å². The summed E-state index contributed by atoms with van der Waals surface area (Å²) >= 11 is 0. The lowest BCUT2D eigenvalue weighted by atomic mass is 9.99. The number of amides is 1. The molecule has 0 fully saturated rings. The zero-order valence-corrected chi connectivity index (χ0v) is 11.4. The first kappa shape index (κ1) is 15.4. The van der Waals surface area contributed by atoms with Gasteiger partial charge in [0.15, 0.2) is 0 Å². The van der Waals surface area contributed by atoms with Crippen molar-refractivity contribution in [3.05, 3.63) is 0 Å². The fourth-order valence-corrected chi connectivity index (χ4v) is 1.39. The Morgan fingerprint density at radius 2 is 1.88 bits per heavy atom. The van der Waals surface area contributed by atoms with Gasteiger partial charge in [0.2, 0.25) is 5.91 Å². The zero-order chi connectivity index (χ0) is 12.8. The van der Waals surface area contributed by atoms with Crippen LogP contribution in [0.5, 0.6) is 0 Å². The van der Waals surface area contributed by atoms with Gasteiger partial charge in [-0.3, -0.25) is 4.79 Å². The van der Waals surface area contributed by atoms with Crippen molar-refractivity contribution >= 4 is 5.91 Å². The zero-order valence-electron chi connectivity index (χ0n) is 11.4. The summed E-state index contributed by atoms with van der Waals surface area (Å²) in [5.74, 6) is 0.309. The van der Waals surface area contributed by atoms with Crippen molar-refractivity contribution in [2.45, 2.75) is 46.2 Å². The fourth-order valence-electron chi connectivity index (χ4n) is 1.39. The number of methoxy groups -OCH3 is 1. The second-order valence-electron chi connectivity index (χ2n) is 5.40. The Kier molecular flexibility index (Phi) is 6.60. The molecule has 96 valence electrons. The van der Waals surface area contributed by atoms with E-state index in [0.717, 1.165) is 0 Å². The number of carbonyl (C=O) groups is 1. The number of rotatable bonds is 6. The van der Waals surface area contributed by atoms with Crippen LogP contribution in [-0.2, 0) is 9.53 Å². The normalized spacial score (nSPS) is 13.9. The van der Waals surface area contributed by atoms with E-state index in [1.54, 1.807) is 7.11 Å². The van der Waals surface area contributed by atoms with Crippen molar-refractivity contribution in [1.29, 1.82) is 0 Å². The molecule has 0 spiro atoms. The molecule has 0 bridgehead atoms. The van der Waals surface area contributed by atoms with Gasteiger partial charge in [-0.2, -0.15) is 0 Å². The molecule has 0 radical (unpaired) electrons. The van der Waals surface area contributed by atoms with Crippen LogP contribution in [0.2, 0.25) is 0 Å². The van der Waals surface area contributed by atoms with Crippen LogP contribution >= 0.6 is 0 Å². The fraction of sp³-hybridized carbons (Fsp3) is 0.917. The standard InChI is InChI=1S/C12H26N2O2/c1-9(2)10(14-12(3,4)5)11(15)13-7-8-16-6/h9-10,14H,7-8H2,1-6H3,(H,13,15). The summed E-state index contributed by atoms with van der Waals surface area (Å²) in [4.78, 5) is 11.9. The molecule has 0 aromatic carbocycles. The topological polar surface area (TPSA) is 50.4 Å². The van der Waals surface area contributed by atoms with E-state index in [1.807, 2.05) is 13.8 Å². The van der Waals surface area contributed by atoms with Crippen LogP contribution in [-0.4, -0.2) is 37.7 Å². The van der Waals surface area contributed by atoms with Gasteiger partial charge in [0, 0.05) is 19.2 Å². The highest BCUT2D eigenvalue weighted by atomic mass is 16.5. The maximum Gasteiger partial charge on any atom is 0.237 e. The Balaban J connectivity index is 4.25. The molecule has 1 amide bonds. The molecule has 0 aromatic heterocycles. The highest BCUT2D eigenvalue weighted by Gasteiger charge is 2.25. The van der Waals surface area contributed by atoms with Crippen molar-refractivity contribution in [3.63, 3.8) is 0 Å². The minimum atomic E-state index is -0.156. The van der Waals surface area contributed by atoms with E-state index in [0.29, 0.717) is 13.2 Å². The number of ether oxygens (including phenoxy) is 1. The van der Waals surface area contributed by atoms with E-state index >= 15 is 0 Å². The predicted molar refractivity (Wildman–Crippen MR) is 66.4 cm³/mol. The van der Waals surface area contributed by atoms with E-state index < -0.39 is 0 Å². The molecule has 2 N–H and O–H groups in total. The largest absolute Gasteiger partial charge is 0.383 e. The second kappa shape index (κ2) is 6.86. The summed E-state index contributed by atoms with van der Waals surface area (Å²) < 4.78 is 4.90. The lowest BCUT2D eigenvalue weighted by Crippen LogP contribution is -2.54. The van der Waals surface area contributed by atoms with E-state index in [4.69, 9.17) is 4.74 Å². The first-order chi connectivity index (χ1) is 7.28. The van der Waals surface area contributed by atoms with Gasteiger partial charge in [-0.05, 0) is 26.7 Å². The molecular formula is C12H26N2O2. The van der Waals surface area contributed by atoms with Gasteiger partial charge in [0.25, 0.3) is 0 Å². The summed E-state index contributed by atoms with van der Waals surface area (Å²) in [6, 6.07) is -0.156. The Labute approximate surface area is 99.1 Å². The van der Waals surface area contributed by atoms with Crippen molar-refractivity contribution in [2.75, 3.05) is 20.3 Å². The molecule has 16 heavy (non-hydrogen) atoms. The molecule has 0 aliphatic carbocycles. The molecule has 4 heteroatoms. The number of nitrogens with one attached hydrogen (secondary N) is 2. The Bertz CT molecular complexity index is 210. The van der Waals surface area contributed by atoms with Crippen LogP contribution in [0.25, 0.3) is 0 Å². The second-order valence-corrected chi connectivity index (χ2v) is 5.40. The summed E-state index contributed by atoms with van der Waals surface area (Å²) in [5.41, 5.74) is -0.0620. The lowest BCUT2D eigenvalue weighted by Gasteiger charge is -2.30. The number of hydrogen-bond donors (Lipinski definition) is 2. The van der Waals surface area contributed by atoms with Gasteiger partial charge in [-0.1, -0.05) is 13.8 Å². The quantitative estimate of drug-likeness (QED) is 0.673. The van der Waals surface area contributed by atoms with Crippen molar-refractivity contribution in [1.82, 2.24) is 10.6 Å². The third kappa shape index (κ3) is 6.80. The predicted octanol–water partition coefficient (Wildman–Crippen LogP) is 1.16. The van der Waals surface area contributed by atoms with Crippen LogP contribution in [0.15, 0.2) is 0 Å². The van der Waals surface area contributed by atoms with Gasteiger partial charge in [0.1, 0.15) is 0 Å². The average molecular weight is 230 g/mol. The minimum absolute atomic E-state index is 0.0435. The number of carbonyl (C=O) groups excluding carboxylic acids is 1. The monoisotopic (exact) mass is 230 g/mol. The number of hydrogen-bond acceptors (Lipinski definition) is 3. The van der Waals surface area contributed by atoms with E-state index in [-0.39, 0.29) is 23.4 Å². The van der Waals surface area contributed by atoms with Crippen molar-refractivity contribution in [2.24, 2.45) is 5.92 Å². The van der Waals surface area contributed by atoms with Crippen LogP contribution in [0, 0.1) is 5.92 Å². The lowest BCUT2D eigenvalue weighted by molar-refractivity contribution is -0.124. The molecule has 0 saturated heterocycles. The summed E-state index contributed by atoms with van der Waals surface area (Å²) in [7, 11) is 1.62. The third-order valence-corrected chi connectivity index (χ3v) is 2.14. The maximum atomic E-state index is 11.9. The van der Waals surface area contributed by atoms with Crippen LogP contribution in [0.3, 0.4) is 0 Å². The average Bonchev–Trinajstić information content (AvgIpc) is 2.12. The molecule has 0 aliphatic heterocycles. The van der Waals surface area contributed by atoms with E-state index in [9.17, 15) is 4.79 Å². The van der Waals surface area contributed by atoms with Crippen LogP contribution in [0.4, 0.5) is 0 Å². The molecule has 1 unspecified atom stereocenters. The molecular weight excluding hydrogens is 204 g/mol. The Morgan fingerprint density at radius 1 is 1.31 bits per heavy atom. The van der Waals surface area contributed by atoms with Crippen molar-refractivity contribution < 1.29 is 9.53 Å². The van der Waals surface area contributed by atoms with Crippen LogP contribution < -0.4 is 10.6 Å². The molecule has 0 rings (SSSR count). The van der Waals surface area contributed by atoms with E-state index in [2.05, 4.69) is 31.4 Å². The highest BCUT2D eigenvalue weighted by Crippen LogP contribution is 2.08. The summed E-state index contributed by atoms with van der Waals surface area (Å²) in [5, 5.41) is 6.19. The minimum Gasteiger partial charge on any atom is -0.383 e. The van der Waals surface area contributed by atoms with Gasteiger partial charge >= 0.3 is 0 Å². The molecule has 0 aliphatic rings. The molecule has 0 aromatic rings. The smallest absolute Gasteiger partial charge is 0.237 e. The SMILES string of the molecule is COCCNC(=O)C(NC(C)(C)C)C(C)C. The maximum absolute atomic E-state index is 11.9. The molecule has 1 atom stereocenters. The van der Waals surface area contributed by atoms with Gasteiger partial charge in [-0.25, -0.2) is 0 Å². The first-order valence-electron chi connectivity index (χ1n) is 5.82. The summed E-state index contributed by atoms with van der Waals surface area (Å²) in [6.45, 7) is 11.4. The van der Waals surface area contributed by atoms with Crippen LogP contribution in [0.1, 0.15) is 34.6 Å². The first-order valence-corrected chi connectivity index (χ1v) is 5.82. The highest BCUT2D eigenvalue weighted by molar-refractivity contribution is 5.82. The molecule has 0 saturated carbocycles. The summed E-state index contributed by atoms with van der Waals surface area (Å²) in [6.07, 6.45) is 0. The van der Waals surface area contributed by atoms with Gasteiger partial charge in [-0.15, -0.1) is 0 Å². The molecule has 4 nitrogen and oxygen atoms in total. The van der Waals surface area contributed by atoms with E-state index in [1.165, 1.54) is 0 Å². The van der Waals surface area contributed by atoms with Gasteiger partial charge < -0.3 is 15.4 Å². The molecule has 0 heterocycles. The Hall–Kier alpha value is -0.610.